The molecule has 0 aliphatic carbocycles. The monoisotopic (exact) mass is 353 g/mol. The zero-order valence-corrected chi connectivity index (χ0v) is 15.0. The largest absolute Gasteiger partial charge is 0.468 e. The van der Waals surface area contributed by atoms with Gasteiger partial charge in [0.25, 0.3) is 0 Å². The van der Waals surface area contributed by atoms with E-state index in [1.165, 1.54) is 18.9 Å². The van der Waals surface area contributed by atoms with Gasteiger partial charge in [-0.05, 0) is 18.6 Å². The van der Waals surface area contributed by atoms with Crippen LogP contribution in [0.1, 0.15) is 11.1 Å². The van der Waals surface area contributed by atoms with Gasteiger partial charge in [0.05, 0.1) is 19.4 Å². The Morgan fingerprint density at radius 3 is 2.64 bits per heavy atom. The molecule has 5 nitrogen and oxygen atoms in total. The molecule has 0 spiro atoms. The Bertz CT molecular complexity index is 862. The first-order valence-corrected chi connectivity index (χ1v) is 8.89. The SMILES string of the molecule is COC(=O)CSc1nnc(-c2cccc(C)c2)n1Cc1ccccc1. The predicted molar refractivity (Wildman–Crippen MR) is 98.5 cm³/mol. The lowest BCUT2D eigenvalue weighted by Gasteiger charge is -2.10. The van der Waals surface area contributed by atoms with Crippen molar-refractivity contribution in [3.8, 4) is 11.4 Å². The zero-order chi connectivity index (χ0) is 17.6. The fourth-order valence-corrected chi connectivity index (χ4v) is 3.25. The van der Waals surface area contributed by atoms with Gasteiger partial charge in [-0.3, -0.25) is 9.36 Å². The first-order chi connectivity index (χ1) is 12.2. The minimum absolute atomic E-state index is 0.206. The Morgan fingerprint density at radius 2 is 1.92 bits per heavy atom. The van der Waals surface area contributed by atoms with Crippen LogP contribution in [-0.4, -0.2) is 33.6 Å². The maximum absolute atomic E-state index is 11.5. The standard InChI is InChI=1S/C19H19N3O2S/c1-14-7-6-10-16(11-14)18-20-21-19(25-13-17(23)24-2)22(18)12-15-8-4-3-5-9-15/h3-11H,12-13H2,1-2H3. The van der Waals surface area contributed by atoms with Gasteiger partial charge in [0, 0.05) is 5.56 Å². The molecule has 0 N–H and O–H groups in total. The second kappa shape index (κ2) is 7.98. The molecule has 128 valence electrons. The highest BCUT2D eigenvalue weighted by molar-refractivity contribution is 7.99. The number of thioether (sulfide) groups is 1. The average Bonchev–Trinajstić information content (AvgIpc) is 3.03. The third kappa shape index (κ3) is 4.28. The fourth-order valence-electron chi connectivity index (χ4n) is 2.48. The molecule has 25 heavy (non-hydrogen) atoms. The minimum Gasteiger partial charge on any atom is -0.468 e. The van der Waals surface area contributed by atoms with Crippen LogP contribution in [0.25, 0.3) is 11.4 Å². The number of aromatic nitrogens is 3. The normalized spacial score (nSPS) is 10.6. The number of esters is 1. The highest BCUT2D eigenvalue weighted by Gasteiger charge is 2.16. The number of hydrogen-bond donors (Lipinski definition) is 0. The smallest absolute Gasteiger partial charge is 0.316 e. The number of carbonyl (C=O) groups excluding carboxylic acids is 1. The van der Waals surface area contributed by atoms with Gasteiger partial charge in [0.15, 0.2) is 11.0 Å². The first-order valence-electron chi connectivity index (χ1n) is 7.91. The van der Waals surface area contributed by atoms with Gasteiger partial charge < -0.3 is 4.74 Å². The molecule has 0 fully saturated rings. The van der Waals surface area contributed by atoms with Crippen LogP contribution in [0.2, 0.25) is 0 Å². The molecule has 0 radical (unpaired) electrons. The number of methoxy groups -OCH3 is 1. The number of carbonyl (C=O) groups is 1. The van der Waals surface area contributed by atoms with E-state index >= 15 is 0 Å². The third-order valence-corrected chi connectivity index (χ3v) is 4.66. The highest BCUT2D eigenvalue weighted by atomic mass is 32.2. The summed E-state index contributed by atoms with van der Waals surface area (Å²) in [5, 5.41) is 9.36. The molecule has 1 heterocycles. The molecule has 0 aliphatic heterocycles. The van der Waals surface area contributed by atoms with E-state index in [4.69, 9.17) is 4.74 Å². The van der Waals surface area contributed by atoms with Crippen LogP contribution in [0.4, 0.5) is 0 Å². The van der Waals surface area contributed by atoms with Crippen molar-refractivity contribution < 1.29 is 9.53 Å². The number of nitrogens with zero attached hydrogens (tertiary/aromatic N) is 3. The maximum atomic E-state index is 11.5. The van der Waals surface area contributed by atoms with Crippen LogP contribution in [0.15, 0.2) is 59.8 Å². The van der Waals surface area contributed by atoms with E-state index in [2.05, 4.69) is 28.4 Å². The molecule has 0 aliphatic rings. The Labute approximate surface area is 151 Å². The maximum Gasteiger partial charge on any atom is 0.316 e. The summed E-state index contributed by atoms with van der Waals surface area (Å²) < 4.78 is 6.76. The van der Waals surface area contributed by atoms with Gasteiger partial charge in [0.1, 0.15) is 0 Å². The summed E-state index contributed by atoms with van der Waals surface area (Å²) in [6.45, 7) is 2.69. The Hall–Kier alpha value is -2.60. The molecule has 0 amide bonds. The Kier molecular flexibility index (Phi) is 5.50. The molecule has 0 saturated carbocycles. The second-order valence-corrected chi connectivity index (χ2v) is 6.55. The fraction of sp³-hybridized carbons (Fsp3) is 0.211. The van der Waals surface area contributed by atoms with E-state index in [-0.39, 0.29) is 11.7 Å². The number of rotatable bonds is 6. The molecular formula is C19H19N3O2S. The summed E-state index contributed by atoms with van der Waals surface area (Å²) in [5.74, 6) is 0.716. The molecule has 1 aromatic heterocycles. The van der Waals surface area contributed by atoms with Crippen molar-refractivity contribution in [3.05, 3.63) is 65.7 Å². The van der Waals surface area contributed by atoms with Gasteiger partial charge in [-0.2, -0.15) is 0 Å². The van der Waals surface area contributed by atoms with E-state index < -0.39 is 0 Å². The van der Waals surface area contributed by atoms with Gasteiger partial charge in [-0.25, -0.2) is 0 Å². The molecule has 3 rings (SSSR count). The lowest BCUT2D eigenvalue weighted by Crippen LogP contribution is -2.07. The topological polar surface area (TPSA) is 57.0 Å². The molecule has 3 aromatic rings. The van der Waals surface area contributed by atoms with Crippen LogP contribution in [0.3, 0.4) is 0 Å². The third-order valence-electron chi connectivity index (χ3n) is 3.72. The molecule has 2 aromatic carbocycles. The van der Waals surface area contributed by atoms with Crippen molar-refractivity contribution in [1.29, 1.82) is 0 Å². The molecule has 0 atom stereocenters. The lowest BCUT2D eigenvalue weighted by atomic mass is 10.1. The second-order valence-electron chi connectivity index (χ2n) is 5.61. The van der Waals surface area contributed by atoms with E-state index in [9.17, 15) is 4.79 Å². The summed E-state index contributed by atoms with van der Waals surface area (Å²) in [7, 11) is 1.38. The minimum atomic E-state index is -0.281. The number of ether oxygens (including phenoxy) is 1. The summed E-state index contributed by atoms with van der Waals surface area (Å²) in [6.07, 6.45) is 0. The molecule has 0 unspecified atom stereocenters. The number of benzene rings is 2. The molecule has 0 saturated heterocycles. The van der Waals surface area contributed by atoms with Crippen molar-refractivity contribution in [2.75, 3.05) is 12.9 Å². The number of hydrogen-bond acceptors (Lipinski definition) is 5. The molecule has 0 bridgehead atoms. The van der Waals surface area contributed by atoms with Crippen LogP contribution in [0.5, 0.6) is 0 Å². The van der Waals surface area contributed by atoms with E-state index in [0.717, 1.165) is 22.5 Å². The van der Waals surface area contributed by atoms with Crippen LogP contribution < -0.4 is 0 Å². The Morgan fingerprint density at radius 1 is 1.12 bits per heavy atom. The number of aryl methyl sites for hydroxylation is 1. The molecular weight excluding hydrogens is 334 g/mol. The zero-order valence-electron chi connectivity index (χ0n) is 14.2. The highest BCUT2D eigenvalue weighted by Crippen LogP contribution is 2.25. The quantitative estimate of drug-likeness (QED) is 0.501. The molecule has 6 heteroatoms. The van der Waals surface area contributed by atoms with Crippen molar-refractivity contribution in [2.24, 2.45) is 0 Å². The summed E-state index contributed by atoms with van der Waals surface area (Å²) in [4.78, 5) is 11.5. The first kappa shape index (κ1) is 17.2. The summed E-state index contributed by atoms with van der Waals surface area (Å²) in [5.41, 5.74) is 3.32. The summed E-state index contributed by atoms with van der Waals surface area (Å²) in [6, 6.07) is 18.3. The van der Waals surface area contributed by atoms with E-state index in [1.54, 1.807) is 0 Å². The lowest BCUT2D eigenvalue weighted by molar-refractivity contribution is -0.137. The van der Waals surface area contributed by atoms with Gasteiger partial charge in [0.2, 0.25) is 0 Å². The van der Waals surface area contributed by atoms with Gasteiger partial charge in [-0.1, -0.05) is 65.9 Å². The van der Waals surface area contributed by atoms with Crippen molar-refractivity contribution in [3.63, 3.8) is 0 Å². The van der Waals surface area contributed by atoms with E-state index in [0.29, 0.717) is 11.7 Å². The predicted octanol–water partition coefficient (Wildman–Crippen LogP) is 3.57. The Balaban J connectivity index is 1.97. The summed E-state index contributed by atoms with van der Waals surface area (Å²) >= 11 is 1.33. The van der Waals surface area contributed by atoms with Gasteiger partial charge in [-0.15, -0.1) is 10.2 Å². The van der Waals surface area contributed by atoms with Crippen LogP contribution in [-0.2, 0) is 16.1 Å². The van der Waals surface area contributed by atoms with Crippen molar-refractivity contribution in [1.82, 2.24) is 14.8 Å². The van der Waals surface area contributed by atoms with Gasteiger partial charge >= 0.3 is 5.97 Å². The average molecular weight is 353 g/mol. The van der Waals surface area contributed by atoms with Crippen molar-refractivity contribution >= 4 is 17.7 Å². The van der Waals surface area contributed by atoms with Crippen LogP contribution >= 0.6 is 11.8 Å². The van der Waals surface area contributed by atoms with E-state index in [1.807, 2.05) is 47.9 Å². The van der Waals surface area contributed by atoms with Crippen LogP contribution in [0, 0.1) is 6.92 Å². The van der Waals surface area contributed by atoms with Crippen molar-refractivity contribution in [2.45, 2.75) is 18.6 Å².